The number of nitrogens with one attached hydrogen (secondary N) is 2. The van der Waals surface area contributed by atoms with Crippen LogP contribution in [-0.4, -0.2) is 30.5 Å². The molecule has 2 heterocycles. The largest absolute Gasteiger partial charge is 0.356 e. The summed E-state index contributed by atoms with van der Waals surface area (Å²) in [5, 5.41) is 6.36. The van der Waals surface area contributed by atoms with Crippen LogP contribution in [0.4, 0.5) is 0 Å². The van der Waals surface area contributed by atoms with Crippen molar-refractivity contribution >= 4 is 5.91 Å². The number of amides is 1. The van der Waals surface area contributed by atoms with E-state index in [0.29, 0.717) is 6.54 Å². The zero-order valence-corrected chi connectivity index (χ0v) is 10.7. The number of pyridine rings is 1. The molecule has 1 aromatic rings. The molecule has 1 amide bonds. The molecule has 1 aliphatic rings. The number of carbonyl (C=O) groups excluding carboxylic acids is 1. The highest BCUT2D eigenvalue weighted by Crippen LogP contribution is 2.13. The van der Waals surface area contributed by atoms with Crippen molar-refractivity contribution in [3.63, 3.8) is 0 Å². The van der Waals surface area contributed by atoms with Crippen molar-refractivity contribution in [1.29, 1.82) is 0 Å². The molecule has 4 heteroatoms. The molecule has 1 aromatic heterocycles. The van der Waals surface area contributed by atoms with Gasteiger partial charge >= 0.3 is 0 Å². The van der Waals surface area contributed by atoms with Crippen LogP contribution in [0, 0.1) is 5.92 Å². The third-order valence-electron chi connectivity index (χ3n) is 3.38. The van der Waals surface area contributed by atoms with Crippen molar-refractivity contribution in [3.8, 4) is 0 Å². The summed E-state index contributed by atoms with van der Waals surface area (Å²) in [4.78, 5) is 16.1. The van der Waals surface area contributed by atoms with E-state index in [2.05, 4.69) is 15.6 Å². The van der Waals surface area contributed by atoms with Gasteiger partial charge in [0.2, 0.25) is 5.91 Å². The van der Waals surface area contributed by atoms with Gasteiger partial charge in [-0.1, -0.05) is 6.07 Å². The molecule has 2 rings (SSSR count). The third-order valence-corrected chi connectivity index (χ3v) is 3.38. The van der Waals surface area contributed by atoms with E-state index < -0.39 is 0 Å². The van der Waals surface area contributed by atoms with Crippen molar-refractivity contribution in [1.82, 2.24) is 15.6 Å². The smallest absolute Gasteiger partial charge is 0.223 e. The summed E-state index contributed by atoms with van der Waals surface area (Å²) in [6, 6.07) is 3.96. The molecule has 0 bridgehead atoms. The van der Waals surface area contributed by atoms with Crippen LogP contribution in [0.25, 0.3) is 0 Å². The van der Waals surface area contributed by atoms with E-state index in [-0.39, 0.29) is 11.8 Å². The van der Waals surface area contributed by atoms with Gasteiger partial charge in [-0.25, -0.2) is 0 Å². The van der Waals surface area contributed by atoms with Crippen LogP contribution < -0.4 is 10.6 Å². The minimum absolute atomic E-state index is 0.189. The molecule has 0 spiro atoms. The summed E-state index contributed by atoms with van der Waals surface area (Å²) in [6.07, 6.45) is 7.53. The lowest BCUT2D eigenvalue weighted by Gasteiger charge is -2.13. The van der Waals surface area contributed by atoms with E-state index >= 15 is 0 Å². The lowest BCUT2D eigenvalue weighted by atomic mass is 10.00. The minimum Gasteiger partial charge on any atom is -0.356 e. The first-order valence-electron chi connectivity index (χ1n) is 6.73. The number of nitrogens with zero attached hydrogens (tertiary/aromatic N) is 1. The van der Waals surface area contributed by atoms with Gasteiger partial charge in [-0.05, 0) is 50.4 Å². The van der Waals surface area contributed by atoms with Crippen LogP contribution >= 0.6 is 0 Å². The fraction of sp³-hybridized carbons (Fsp3) is 0.571. The van der Waals surface area contributed by atoms with E-state index in [4.69, 9.17) is 0 Å². The molecule has 1 unspecified atom stereocenters. The Kier molecular flexibility index (Phi) is 5.15. The van der Waals surface area contributed by atoms with Gasteiger partial charge in [0.15, 0.2) is 0 Å². The molecule has 1 fully saturated rings. The molecule has 98 valence electrons. The summed E-state index contributed by atoms with van der Waals surface area (Å²) in [5.74, 6) is 0.400. The molecule has 1 aliphatic heterocycles. The molecule has 2 N–H and O–H groups in total. The normalized spacial score (nSPS) is 20.1. The summed E-state index contributed by atoms with van der Waals surface area (Å²) < 4.78 is 0. The number of hydrogen-bond acceptors (Lipinski definition) is 3. The maximum absolute atomic E-state index is 12.0. The SMILES string of the molecule is O=C(NCCc1cccnc1)C1CCCNCC1. The highest BCUT2D eigenvalue weighted by atomic mass is 16.1. The second-order valence-electron chi connectivity index (χ2n) is 4.78. The first-order valence-corrected chi connectivity index (χ1v) is 6.73. The van der Waals surface area contributed by atoms with Crippen molar-refractivity contribution < 1.29 is 4.79 Å². The molecule has 0 aromatic carbocycles. The third kappa shape index (κ3) is 4.11. The van der Waals surface area contributed by atoms with Crippen molar-refractivity contribution in [2.24, 2.45) is 5.92 Å². The topological polar surface area (TPSA) is 54.0 Å². The molecule has 4 nitrogen and oxygen atoms in total. The highest BCUT2D eigenvalue weighted by molar-refractivity contribution is 5.78. The van der Waals surface area contributed by atoms with Gasteiger partial charge in [-0.2, -0.15) is 0 Å². The van der Waals surface area contributed by atoms with Crippen LogP contribution in [0.1, 0.15) is 24.8 Å². The average Bonchev–Trinajstić information content (AvgIpc) is 2.69. The Bertz CT molecular complexity index is 359. The van der Waals surface area contributed by atoms with Crippen LogP contribution in [0.2, 0.25) is 0 Å². The fourth-order valence-corrected chi connectivity index (χ4v) is 2.30. The number of carbonyl (C=O) groups is 1. The first-order chi connectivity index (χ1) is 8.86. The molecule has 0 aliphatic carbocycles. The van der Waals surface area contributed by atoms with Gasteiger partial charge in [0, 0.05) is 24.9 Å². The van der Waals surface area contributed by atoms with Gasteiger partial charge in [0.05, 0.1) is 0 Å². The van der Waals surface area contributed by atoms with E-state index in [1.807, 2.05) is 18.3 Å². The monoisotopic (exact) mass is 247 g/mol. The van der Waals surface area contributed by atoms with Gasteiger partial charge in [0.1, 0.15) is 0 Å². The Hall–Kier alpha value is -1.42. The molecule has 1 atom stereocenters. The number of hydrogen-bond donors (Lipinski definition) is 2. The van der Waals surface area contributed by atoms with Crippen molar-refractivity contribution in [2.45, 2.75) is 25.7 Å². The zero-order valence-electron chi connectivity index (χ0n) is 10.7. The highest BCUT2D eigenvalue weighted by Gasteiger charge is 2.19. The van der Waals surface area contributed by atoms with Gasteiger partial charge < -0.3 is 10.6 Å². The van der Waals surface area contributed by atoms with Gasteiger partial charge in [-0.3, -0.25) is 9.78 Å². The number of rotatable bonds is 4. The molecule has 18 heavy (non-hydrogen) atoms. The summed E-state index contributed by atoms with van der Waals surface area (Å²) in [6.45, 7) is 2.70. The average molecular weight is 247 g/mol. The van der Waals surface area contributed by atoms with Crippen molar-refractivity contribution in [2.75, 3.05) is 19.6 Å². The van der Waals surface area contributed by atoms with Crippen molar-refractivity contribution in [3.05, 3.63) is 30.1 Å². The summed E-state index contributed by atoms with van der Waals surface area (Å²) in [7, 11) is 0. The maximum Gasteiger partial charge on any atom is 0.223 e. The molecular weight excluding hydrogens is 226 g/mol. The van der Waals surface area contributed by atoms with Crippen LogP contribution in [0.5, 0.6) is 0 Å². The Morgan fingerprint density at radius 3 is 3.22 bits per heavy atom. The Morgan fingerprint density at radius 2 is 2.39 bits per heavy atom. The van der Waals surface area contributed by atoms with E-state index in [1.54, 1.807) is 6.20 Å². The fourth-order valence-electron chi connectivity index (χ4n) is 2.30. The van der Waals surface area contributed by atoms with E-state index in [1.165, 1.54) is 5.56 Å². The summed E-state index contributed by atoms with van der Waals surface area (Å²) in [5.41, 5.74) is 1.17. The lowest BCUT2D eigenvalue weighted by Crippen LogP contribution is -2.32. The second-order valence-corrected chi connectivity index (χ2v) is 4.78. The molecule has 0 saturated carbocycles. The Morgan fingerprint density at radius 1 is 1.44 bits per heavy atom. The predicted octanol–water partition coefficient (Wildman–Crippen LogP) is 1.13. The lowest BCUT2D eigenvalue weighted by molar-refractivity contribution is -0.125. The Balaban J connectivity index is 1.71. The van der Waals surface area contributed by atoms with Gasteiger partial charge in [-0.15, -0.1) is 0 Å². The quantitative estimate of drug-likeness (QED) is 0.838. The molecule has 1 saturated heterocycles. The standard InChI is InChI=1S/C14H21N3O/c18-14(13-4-2-7-15-9-6-13)17-10-5-12-3-1-8-16-11-12/h1,3,8,11,13,15H,2,4-7,9-10H2,(H,17,18). The predicted molar refractivity (Wildman–Crippen MR) is 71.2 cm³/mol. The number of aromatic nitrogens is 1. The van der Waals surface area contributed by atoms with Crippen LogP contribution in [0.15, 0.2) is 24.5 Å². The van der Waals surface area contributed by atoms with Crippen LogP contribution in [-0.2, 0) is 11.2 Å². The first kappa shape index (κ1) is 13.0. The van der Waals surface area contributed by atoms with Gasteiger partial charge in [0.25, 0.3) is 0 Å². The maximum atomic E-state index is 12.0. The van der Waals surface area contributed by atoms with Crippen LogP contribution in [0.3, 0.4) is 0 Å². The molecular formula is C14H21N3O. The minimum atomic E-state index is 0.189. The molecule has 0 radical (unpaired) electrons. The van der Waals surface area contributed by atoms with E-state index in [9.17, 15) is 4.79 Å². The zero-order chi connectivity index (χ0) is 12.6. The Labute approximate surface area is 108 Å². The summed E-state index contributed by atoms with van der Waals surface area (Å²) >= 11 is 0. The van der Waals surface area contributed by atoms with E-state index in [0.717, 1.165) is 38.8 Å². The second kappa shape index (κ2) is 7.11.